The topological polar surface area (TPSA) is 86.1 Å². The SMILES string of the molecule is N#CC1(CC(=O)[C@H](CC(F)(F)Cc2cccnc2)NC(=O)N2CCC3(CC2)CC3(F)F)CC1. The third-order valence-corrected chi connectivity index (χ3v) is 7.20. The Bertz CT molecular complexity index is 951. The Hall–Kier alpha value is -2.70. The van der Waals surface area contributed by atoms with Crippen LogP contribution in [0.15, 0.2) is 24.5 Å². The highest BCUT2D eigenvalue weighted by atomic mass is 19.3. The maximum atomic E-state index is 14.8. The Balaban J connectivity index is 1.41. The van der Waals surface area contributed by atoms with E-state index >= 15 is 0 Å². The average Bonchev–Trinajstić information content (AvgIpc) is 3.64. The Morgan fingerprint density at radius 1 is 1.24 bits per heavy atom. The molecule has 178 valence electrons. The highest BCUT2D eigenvalue weighted by Crippen LogP contribution is 2.65. The zero-order chi connectivity index (χ0) is 23.9. The molecule has 2 aliphatic carbocycles. The molecule has 2 heterocycles. The number of urea groups is 1. The van der Waals surface area contributed by atoms with Crippen molar-refractivity contribution in [1.29, 1.82) is 5.26 Å². The van der Waals surface area contributed by atoms with E-state index in [9.17, 15) is 32.4 Å². The second kappa shape index (κ2) is 8.26. The normalized spacial score (nSPS) is 22.8. The summed E-state index contributed by atoms with van der Waals surface area (Å²) in [4.78, 5) is 30.8. The van der Waals surface area contributed by atoms with E-state index in [-0.39, 0.29) is 38.8 Å². The van der Waals surface area contributed by atoms with Gasteiger partial charge in [0.05, 0.1) is 17.5 Å². The number of nitrogens with zero attached hydrogens (tertiary/aromatic N) is 3. The van der Waals surface area contributed by atoms with Gasteiger partial charge in [0.25, 0.3) is 11.8 Å². The number of ketones is 1. The van der Waals surface area contributed by atoms with Gasteiger partial charge in [-0.05, 0) is 37.3 Å². The Morgan fingerprint density at radius 2 is 1.91 bits per heavy atom. The van der Waals surface area contributed by atoms with Crippen LogP contribution < -0.4 is 5.32 Å². The summed E-state index contributed by atoms with van der Waals surface area (Å²) in [6.45, 7) is 0.160. The summed E-state index contributed by atoms with van der Waals surface area (Å²) in [6.07, 6.45) is 2.15. The minimum absolute atomic E-state index is 0.0799. The molecule has 1 spiro atoms. The van der Waals surface area contributed by atoms with E-state index in [1.807, 2.05) is 0 Å². The van der Waals surface area contributed by atoms with Gasteiger partial charge in [0.15, 0.2) is 5.78 Å². The summed E-state index contributed by atoms with van der Waals surface area (Å²) in [5.41, 5.74) is -1.60. The third kappa shape index (κ3) is 5.12. The van der Waals surface area contributed by atoms with E-state index < -0.39 is 53.4 Å². The lowest BCUT2D eigenvalue weighted by Crippen LogP contribution is -2.52. The number of aromatic nitrogens is 1. The number of pyridine rings is 1. The number of piperidine rings is 1. The van der Waals surface area contributed by atoms with Gasteiger partial charge in [0.2, 0.25) is 0 Å². The molecule has 1 N–H and O–H groups in total. The van der Waals surface area contributed by atoms with Crippen molar-refractivity contribution in [3.05, 3.63) is 30.1 Å². The first-order chi connectivity index (χ1) is 15.5. The van der Waals surface area contributed by atoms with Crippen molar-refractivity contribution in [2.24, 2.45) is 10.8 Å². The van der Waals surface area contributed by atoms with Gasteiger partial charge >= 0.3 is 6.03 Å². The molecular formula is C23H26F4N4O2. The van der Waals surface area contributed by atoms with Gasteiger partial charge in [-0.2, -0.15) is 5.26 Å². The Labute approximate surface area is 189 Å². The van der Waals surface area contributed by atoms with Crippen molar-refractivity contribution in [2.75, 3.05) is 13.1 Å². The molecule has 2 amide bonds. The molecule has 1 atom stereocenters. The van der Waals surface area contributed by atoms with Crippen LogP contribution in [0.5, 0.6) is 0 Å². The van der Waals surface area contributed by atoms with Gasteiger partial charge in [0.1, 0.15) is 0 Å². The molecule has 0 bridgehead atoms. The van der Waals surface area contributed by atoms with Crippen LogP contribution in [0.4, 0.5) is 22.4 Å². The Morgan fingerprint density at radius 3 is 2.42 bits per heavy atom. The number of alkyl halides is 4. The minimum atomic E-state index is -3.30. The summed E-state index contributed by atoms with van der Waals surface area (Å²) >= 11 is 0. The second-order valence-electron chi connectivity index (χ2n) is 9.78. The zero-order valence-corrected chi connectivity index (χ0v) is 18.1. The van der Waals surface area contributed by atoms with Crippen molar-refractivity contribution < 1.29 is 27.2 Å². The standard InChI is InChI=1S/C23H26F4N4O2/c24-22(25,10-16-2-1-7-29-13-16)11-17(18(32)12-20(15-28)3-4-20)30-19(33)31-8-5-21(6-9-31)14-23(21,26)27/h1-2,7,13,17H,3-6,8-12,14H2,(H,30,33)/t17-/m0/s1. The summed E-state index contributed by atoms with van der Waals surface area (Å²) in [6, 6.07) is 2.91. The highest BCUT2D eigenvalue weighted by Gasteiger charge is 2.70. The molecule has 0 unspecified atom stereocenters. The van der Waals surface area contributed by atoms with E-state index in [0.29, 0.717) is 18.4 Å². The van der Waals surface area contributed by atoms with Crippen LogP contribution in [-0.2, 0) is 11.2 Å². The Kier molecular flexibility index (Phi) is 5.87. The van der Waals surface area contributed by atoms with Gasteiger partial charge in [-0.3, -0.25) is 9.78 Å². The first-order valence-electron chi connectivity index (χ1n) is 11.1. The van der Waals surface area contributed by atoms with Crippen LogP contribution >= 0.6 is 0 Å². The highest BCUT2D eigenvalue weighted by molar-refractivity contribution is 5.89. The first-order valence-corrected chi connectivity index (χ1v) is 11.1. The minimum Gasteiger partial charge on any atom is -0.328 e. The van der Waals surface area contributed by atoms with Crippen LogP contribution in [0.2, 0.25) is 0 Å². The van der Waals surface area contributed by atoms with Crippen LogP contribution in [0.25, 0.3) is 0 Å². The number of carbonyl (C=O) groups excluding carboxylic acids is 2. The van der Waals surface area contributed by atoms with Crippen LogP contribution in [-0.4, -0.2) is 52.7 Å². The number of amides is 2. The number of nitrogens with one attached hydrogen (secondary N) is 1. The molecule has 33 heavy (non-hydrogen) atoms. The fraction of sp³-hybridized carbons (Fsp3) is 0.652. The molecule has 1 saturated heterocycles. The second-order valence-corrected chi connectivity index (χ2v) is 9.78. The summed E-state index contributed by atoms with van der Waals surface area (Å²) in [5.74, 6) is -6.63. The van der Waals surface area contributed by atoms with E-state index in [4.69, 9.17) is 0 Å². The van der Waals surface area contributed by atoms with Crippen molar-refractivity contribution in [3.8, 4) is 6.07 Å². The quantitative estimate of drug-likeness (QED) is 0.585. The summed E-state index contributed by atoms with van der Waals surface area (Å²) in [5, 5.41) is 11.7. The molecular weight excluding hydrogens is 440 g/mol. The number of hydrogen-bond donors (Lipinski definition) is 1. The lowest BCUT2D eigenvalue weighted by Gasteiger charge is -2.34. The van der Waals surface area contributed by atoms with Crippen molar-refractivity contribution >= 4 is 11.8 Å². The van der Waals surface area contributed by atoms with Gasteiger partial charge < -0.3 is 10.2 Å². The molecule has 3 aliphatic rings. The van der Waals surface area contributed by atoms with Gasteiger partial charge in [-0.1, -0.05) is 6.07 Å². The molecule has 1 aromatic rings. The van der Waals surface area contributed by atoms with E-state index in [1.54, 1.807) is 0 Å². The largest absolute Gasteiger partial charge is 0.328 e. The van der Waals surface area contributed by atoms with Crippen LogP contribution in [0.1, 0.15) is 50.5 Å². The number of halogens is 4. The third-order valence-electron chi connectivity index (χ3n) is 7.20. The molecule has 4 rings (SSSR count). The number of Topliss-reactive ketones (excluding diaryl/α,β-unsaturated/α-hetero) is 1. The number of carbonyl (C=O) groups is 2. The van der Waals surface area contributed by atoms with Crippen LogP contribution in [0.3, 0.4) is 0 Å². The average molecular weight is 466 g/mol. The molecule has 1 aromatic heterocycles. The van der Waals surface area contributed by atoms with E-state index in [0.717, 1.165) is 0 Å². The molecule has 1 aliphatic heterocycles. The van der Waals surface area contributed by atoms with Crippen LogP contribution in [0, 0.1) is 22.2 Å². The lowest BCUT2D eigenvalue weighted by molar-refractivity contribution is -0.124. The first kappa shape index (κ1) is 23.5. The molecule has 0 aromatic carbocycles. The van der Waals surface area contributed by atoms with Gasteiger partial charge in [-0.25, -0.2) is 22.4 Å². The van der Waals surface area contributed by atoms with Gasteiger partial charge in [0, 0.05) is 56.6 Å². The fourth-order valence-electron chi connectivity index (χ4n) is 4.65. The molecule has 3 fully saturated rings. The van der Waals surface area contributed by atoms with E-state index in [2.05, 4.69) is 16.4 Å². The van der Waals surface area contributed by atoms with E-state index in [1.165, 1.54) is 29.4 Å². The number of nitriles is 1. The monoisotopic (exact) mass is 466 g/mol. The van der Waals surface area contributed by atoms with Gasteiger partial charge in [-0.15, -0.1) is 0 Å². The summed E-state index contributed by atoms with van der Waals surface area (Å²) in [7, 11) is 0. The number of likely N-dealkylation sites (tertiary alicyclic amines) is 1. The lowest BCUT2D eigenvalue weighted by atomic mass is 9.92. The maximum absolute atomic E-state index is 14.8. The molecule has 10 heteroatoms. The molecule has 2 saturated carbocycles. The van der Waals surface area contributed by atoms with Crippen molar-refractivity contribution in [1.82, 2.24) is 15.2 Å². The predicted octanol–water partition coefficient (Wildman–Crippen LogP) is 4.11. The fourth-order valence-corrected chi connectivity index (χ4v) is 4.65. The predicted molar refractivity (Wildman–Crippen MR) is 110 cm³/mol. The zero-order valence-electron chi connectivity index (χ0n) is 18.1. The molecule has 6 nitrogen and oxygen atoms in total. The number of rotatable bonds is 8. The summed E-state index contributed by atoms with van der Waals surface area (Å²) < 4.78 is 56.9. The number of hydrogen-bond acceptors (Lipinski definition) is 4. The maximum Gasteiger partial charge on any atom is 0.317 e. The molecule has 0 radical (unpaired) electrons. The smallest absolute Gasteiger partial charge is 0.317 e. The van der Waals surface area contributed by atoms with Crippen molar-refractivity contribution in [3.63, 3.8) is 0 Å². The van der Waals surface area contributed by atoms with Crippen molar-refractivity contribution in [2.45, 2.75) is 69.3 Å².